The molecule has 0 bridgehead atoms. The lowest BCUT2D eigenvalue weighted by Crippen LogP contribution is -2.32. The predicted octanol–water partition coefficient (Wildman–Crippen LogP) is 3.43. The zero-order valence-electron chi connectivity index (χ0n) is 18.2. The Morgan fingerprint density at radius 2 is 2.18 bits per heavy atom. The summed E-state index contributed by atoms with van der Waals surface area (Å²) < 4.78 is 34.1. The van der Waals surface area contributed by atoms with Crippen LogP contribution in [0, 0.1) is 5.53 Å². The first kappa shape index (κ1) is 22.4. The molecule has 1 fully saturated rings. The van der Waals surface area contributed by atoms with Gasteiger partial charge in [0.25, 0.3) is 0 Å². The molecule has 0 aliphatic carbocycles. The maximum Gasteiger partial charge on any atom is 0.244 e. The molecule has 3 aromatic rings. The monoisotopic (exact) mass is 458 g/mol. The number of carbonyl (C=O) groups is 1. The molecule has 174 valence electrons. The van der Waals surface area contributed by atoms with E-state index < -0.39 is 18.9 Å². The van der Waals surface area contributed by atoms with E-state index in [0.717, 1.165) is 11.1 Å². The molecule has 3 N–H and O–H groups in total. The SMILES string of the molecule is COc1nc(N[C@@H]2CN(C(C)=O)C[C@@H]2F)nn2ccc(-c3ccc(N=N)c(NCCF)c3)c12. The van der Waals surface area contributed by atoms with Crippen molar-refractivity contribution in [3.8, 4) is 17.0 Å². The van der Waals surface area contributed by atoms with Crippen molar-refractivity contribution in [1.29, 1.82) is 5.53 Å². The van der Waals surface area contributed by atoms with Gasteiger partial charge >= 0.3 is 0 Å². The fraction of sp³-hybridized carbons (Fsp3) is 0.381. The Morgan fingerprint density at radius 3 is 2.85 bits per heavy atom. The Hall–Kier alpha value is -3.83. The smallest absolute Gasteiger partial charge is 0.244 e. The Bertz CT molecular complexity index is 1180. The average Bonchev–Trinajstić information content (AvgIpc) is 3.40. The number of amides is 1. The first-order valence-corrected chi connectivity index (χ1v) is 10.4. The summed E-state index contributed by atoms with van der Waals surface area (Å²) in [7, 11) is 1.48. The van der Waals surface area contributed by atoms with Crippen LogP contribution in [-0.2, 0) is 4.79 Å². The molecule has 12 heteroatoms. The zero-order valence-corrected chi connectivity index (χ0v) is 18.2. The molecule has 1 aliphatic rings. The highest BCUT2D eigenvalue weighted by Gasteiger charge is 2.35. The number of hydrogen-bond donors (Lipinski definition) is 3. The maximum atomic E-state index is 14.4. The summed E-state index contributed by atoms with van der Waals surface area (Å²) in [4.78, 5) is 17.4. The lowest BCUT2D eigenvalue weighted by Gasteiger charge is -2.16. The van der Waals surface area contributed by atoms with Gasteiger partial charge in [-0.2, -0.15) is 10.1 Å². The highest BCUT2D eigenvalue weighted by atomic mass is 19.1. The molecule has 2 atom stereocenters. The van der Waals surface area contributed by atoms with Crippen LogP contribution in [0.1, 0.15) is 6.92 Å². The van der Waals surface area contributed by atoms with Gasteiger partial charge in [-0.25, -0.2) is 18.8 Å². The van der Waals surface area contributed by atoms with Gasteiger partial charge < -0.3 is 20.3 Å². The minimum atomic E-state index is -1.24. The number of fused-ring (bicyclic) bond motifs is 1. The van der Waals surface area contributed by atoms with E-state index in [-0.39, 0.29) is 37.4 Å². The quantitative estimate of drug-likeness (QED) is 0.445. The van der Waals surface area contributed by atoms with Crippen LogP contribution < -0.4 is 15.4 Å². The molecule has 0 unspecified atom stereocenters. The van der Waals surface area contributed by atoms with Crippen LogP contribution in [0.15, 0.2) is 35.6 Å². The van der Waals surface area contributed by atoms with Gasteiger partial charge in [0.2, 0.25) is 17.7 Å². The van der Waals surface area contributed by atoms with Gasteiger partial charge in [0, 0.05) is 31.8 Å². The lowest BCUT2D eigenvalue weighted by atomic mass is 10.1. The molecular formula is C21H24F2N8O2. The number of aromatic nitrogens is 3. The second-order valence-electron chi connectivity index (χ2n) is 7.62. The number of benzene rings is 1. The fourth-order valence-corrected chi connectivity index (χ4v) is 3.88. The molecule has 2 aromatic heterocycles. The summed E-state index contributed by atoms with van der Waals surface area (Å²) in [6.07, 6.45) is 0.483. The number of nitrogens with one attached hydrogen (secondary N) is 3. The third-order valence-electron chi connectivity index (χ3n) is 5.52. The first-order chi connectivity index (χ1) is 15.9. The van der Waals surface area contributed by atoms with Gasteiger partial charge in [-0.15, -0.1) is 5.10 Å². The number of methoxy groups -OCH3 is 1. The second-order valence-corrected chi connectivity index (χ2v) is 7.62. The largest absolute Gasteiger partial charge is 0.479 e. The van der Waals surface area contributed by atoms with Gasteiger partial charge in [0.15, 0.2) is 0 Å². The molecule has 3 heterocycles. The Balaban J connectivity index is 1.68. The van der Waals surface area contributed by atoms with Crippen LogP contribution in [0.5, 0.6) is 5.88 Å². The minimum absolute atomic E-state index is 0.0272. The highest BCUT2D eigenvalue weighted by molar-refractivity contribution is 5.87. The van der Waals surface area contributed by atoms with Crippen molar-refractivity contribution in [3.63, 3.8) is 0 Å². The van der Waals surface area contributed by atoms with Crippen molar-refractivity contribution in [2.45, 2.75) is 19.1 Å². The van der Waals surface area contributed by atoms with Crippen molar-refractivity contribution in [1.82, 2.24) is 19.5 Å². The molecule has 4 rings (SSSR count). The van der Waals surface area contributed by atoms with Crippen LogP contribution in [-0.4, -0.2) is 71.0 Å². The summed E-state index contributed by atoms with van der Waals surface area (Å²) >= 11 is 0. The first-order valence-electron chi connectivity index (χ1n) is 10.4. The molecule has 33 heavy (non-hydrogen) atoms. The minimum Gasteiger partial charge on any atom is -0.479 e. The van der Waals surface area contributed by atoms with Crippen molar-refractivity contribution in [3.05, 3.63) is 30.5 Å². The van der Waals surface area contributed by atoms with Gasteiger partial charge in [-0.1, -0.05) is 6.07 Å². The van der Waals surface area contributed by atoms with Crippen molar-refractivity contribution in [2.24, 2.45) is 5.11 Å². The zero-order chi connectivity index (χ0) is 23.5. The molecule has 0 spiro atoms. The number of ether oxygens (including phenoxy) is 1. The van der Waals surface area contributed by atoms with Gasteiger partial charge in [0.05, 0.1) is 25.4 Å². The third kappa shape index (κ3) is 4.41. The number of nitrogens with zero attached hydrogens (tertiary/aromatic N) is 5. The molecule has 1 amide bonds. The molecule has 10 nitrogen and oxygen atoms in total. The van der Waals surface area contributed by atoms with Crippen LogP contribution in [0.2, 0.25) is 0 Å². The lowest BCUT2D eigenvalue weighted by molar-refractivity contribution is -0.128. The molecular weight excluding hydrogens is 434 g/mol. The number of anilines is 2. The van der Waals surface area contributed by atoms with Crippen LogP contribution >= 0.6 is 0 Å². The van der Waals surface area contributed by atoms with Crippen molar-refractivity contribution < 1.29 is 18.3 Å². The van der Waals surface area contributed by atoms with Gasteiger partial charge in [-0.05, 0) is 23.8 Å². The van der Waals surface area contributed by atoms with E-state index in [2.05, 4.69) is 25.8 Å². The van der Waals surface area contributed by atoms with Crippen LogP contribution in [0.25, 0.3) is 16.6 Å². The molecule has 0 radical (unpaired) electrons. The van der Waals surface area contributed by atoms with E-state index in [9.17, 15) is 13.6 Å². The molecule has 1 aromatic carbocycles. The molecule has 1 saturated heterocycles. The van der Waals surface area contributed by atoms with Gasteiger partial charge in [-0.3, -0.25) is 4.79 Å². The third-order valence-corrected chi connectivity index (χ3v) is 5.52. The normalized spacial score (nSPS) is 17.9. The van der Waals surface area contributed by atoms with E-state index in [0.29, 0.717) is 16.9 Å². The summed E-state index contributed by atoms with van der Waals surface area (Å²) in [5.41, 5.74) is 10.3. The van der Waals surface area contributed by atoms with Crippen molar-refractivity contribution in [2.75, 3.05) is 44.1 Å². The number of alkyl halides is 2. The molecule has 1 aliphatic heterocycles. The summed E-state index contributed by atoms with van der Waals surface area (Å²) in [6, 6.07) is 6.42. The van der Waals surface area contributed by atoms with Gasteiger partial charge in [0.1, 0.15) is 24.1 Å². The number of carbonyl (C=O) groups excluding carboxylic acids is 1. The van der Waals surface area contributed by atoms with E-state index in [1.54, 1.807) is 28.9 Å². The summed E-state index contributed by atoms with van der Waals surface area (Å²) in [5, 5.41) is 13.8. The second kappa shape index (κ2) is 9.35. The maximum absolute atomic E-state index is 14.4. The number of hydrogen-bond acceptors (Lipinski definition) is 8. The highest BCUT2D eigenvalue weighted by Crippen LogP contribution is 2.36. The number of rotatable bonds is 8. The molecule has 0 saturated carbocycles. The Labute approximate surface area is 188 Å². The topological polar surface area (TPSA) is 120 Å². The summed E-state index contributed by atoms with van der Waals surface area (Å²) in [5.74, 6) is 0.264. The van der Waals surface area contributed by atoms with Crippen LogP contribution in [0.3, 0.4) is 0 Å². The predicted molar refractivity (Wildman–Crippen MR) is 119 cm³/mol. The summed E-state index contributed by atoms with van der Waals surface area (Å²) in [6.45, 7) is 1.20. The van der Waals surface area contributed by atoms with Crippen LogP contribution in [0.4, 0.5) is 26.1 Å². The number of likely N-dealkylation sites (tertiary alicyclic amines) is 1. The van der Waals surface area contributed by atoms with E-state index in [1.165, 1.54) is 18.9 Å². The Kier molecular flexibility index (Phi) is 6.33. The standard InChI is InChI=1S/C21H24F2N8O2/c1-12(32)30-10-15(23)18(11-30)26-21-27-20(33-2)19-14(5-8-31(19)29-21)13-3-4-16(28-24)17(9-13)25-7-6-22/h3-5,8-9,15,18,24-25H,6-7,10-11H2,1-2H3,(H,26,29)/t15-,18+/m0/s1. The Morgan fingerprint density at radius 1 is 1.36 bits per heavy atom. The van der Waals surface area contributed by atoms with Crippen molar-refractivity contribution >= 4 is 28.7 Å². The van der Waals surface area contributed by atoms with E-state index in [4.69, 9.17) is 10.3 Å². The fourth-order valence-electron chi connectivity index (χ4n) is 3.88. The average molecular weight is 458 g/mol. The van der Waals surface area contributed by atoms with E-state index >= 15 is 0 Å². The van der Waals surface area contributed by atoms with E-state index in [1.807, 2.05) is 6.07 Å². The number of halogens is 2.